The van der Waals surface area contributed by atoms with Crippen LogP contribution in [0.1, 0.15) is 66.7 Å². The minimum absolute atomic E-state index is 0.437. The second-order valence-electron chi connectivity index (χ2n) is 7.93. The van der Waals surface area contributed by atoms with Crippen LogP contribution in [0.2, 0.25) is 0 Å². The van der Waals surface area contributed by atoms with Gasteiger partial charge in [-0.05, 0) is 42.9 Å². The molecule has 1 rings (SSSR count). The zero-order valence-corrected chi connectivity index (χ0v) is 16.2. The molecule has 0 spiro atoms. The summed E-state index contributed by atoms with van der Waals surface area (Å²) in [5, 5.41) is 0. The Hall–Kier alpha value is -0.120. The Labute approximate surface area is 144 Å². The van der Waals surface area contributed by atoms with Gasteiger partial charge in [0.05, 0.1) is 19.3 Å². The van der Waals surface area contributed by atoms with Gasteiger partial charge in [0.15, 0.2) is 0 Å². The third-order valence-corrected chi connectivity index (χ3v) is 4.84. The number of hydrogen-bond donors (Lipinski definition) is 0. The third-order valence-electron chi connectivity index (χ3n) is 4.84. The lowest BCUT2D eigenvalue weighted by Gasteiger charge is -2.39. The van der Waals surface area contributed by atoms with Gasteiger partial charge in [-0.2, -0.15) is 0 Å². The van der Waals surface area contributed by atoms with Crippen molar-refractivity contribution in [3.05, 3.63) is 0 Å². The molecule has 3 unspecified atom stereocenters. The highest BCUT2D eigenvalue weighted by Gasteiger charge is 2.33. The monoisotopic (exact) mass is 328 g/mol. The summed E-state index contributed by atoms with van der Waals surface area (Å²) in [6.45, 7) is 15.4. The fraction of sp³-hybridized carbons (Fsp3) is 1.00. The van der Waals surface area contributed by atoms with E-state index in [1.54, 1.807) is 0 Å². The Balaban J connectivity index is 1.99. The summed E-state index contributed by atoms with van der Waals surface area (Å²) in [5.74, 6) is 2.84. The van der Waals surface area contributed by atoms with E-state index in [0.717, 1.165) is 51.8 Å². The van der Waals surface area contributed by atoms with E-state index in [4.69, 9.17) is 14.2 Å². The molecular formula is C20H40O3. The van der Waals surface area contributed by atoms with Crippen molar-refractivity contribution in [1.29, 1.82) is 0 Å². The Morgan fingerprint density at radius 3 is 2.22 bits per heavy atom. The minimum atomic E-state index is 0.437. The first-order chi connectivity index (χ1) is 11.0. The number of ether oxygens (including phenoxy) is 3. The highest BCUT2D eigenvalue weighted by atomic mass is 16.5. The van der Waals surface area contributed by atoms with Crippen LogP contribution in [0.15, 0.2) is 0 Å². The molecule has 0 radical (unpaired) electrons. The molecule has 1 fully saturated rings. The molecule has 0 saturated heterocycles. The van der Waals surface area contributed by atoms with E-state index in [9.17, 15) is 0 Å². The van der Waals surface area contributed by atoms with Gasteiger partial charge in [-0.25, -0.2) is 0 Å². The van der Waals surface area contributed by atoms with Gasteiger partial charge < -0.3 is 14.2 Å². The first kappa shape index (κ1) is 20.9. The maximum absolute atomic E-state index is 6.15. The molecule has 138 valence electrons. The van der Waals surface area contributed by atoms with E-state index in [1.165, 1.54) is 19.3 Å². The van der Waals surface area contributed by atoms with E-state index in [2.05, 4.69) is 34.6 Å². The van der Waals surface area contributed by atoms with Gasteiger partial charge >= 0.3 is 0 Å². The summed E-state index contributed by atoms with van der Waals surface area (Å²) in [7, 11) is 0. The van der Waals surface area contributed by atoms with Gasteiger partial charge in [-0.1, -0.05) is 47.5 Å². The number of hydrogen-bond acceptors (Lipinski definition) is 3. The molecule has 0 amide bonds. The lowest BCUT2D eigenvalue weighted by molar-refractivity contribution is -0.0648. The van der Waals surface area contributed by atoms with Gasteiger partial charge in [0, 0.05) is 19.8 Å². The maximum atomic E-state index is 6.15. The zero-order chi connectivity index (χ0) is 17.1. The molecule has 3 heteroatoms. The van der Waals surface area contributed by atoms with Crippen molar-refractivity contribution in [2.75, 3.05) is 33.0 Å². The van der Waals surface area contributed by atoms with Crippen LogP contribution in [0.4, 0.5) is 0 Å². The predicted molar refractivity (Wildman–Crippen MR) is 96.8 cm³/mol. The van der Waals surface area contributed by atoms with Crippen LogP contribution in [0.3, 0.4) is 0 Å². The SMILES string of the molecule is CC(C)COCCCCOCCOC1CCCC(C)C1C(C)C. The van der Waals surface area contributed by atoms with E-state index >= 15 is 0 Å². The maximum Gasteiger partial charge on any atom is 0.0704 e. The number of rotatable bonds is 12. The Bertz CT molecular complexity index is 278. The van der Waals surface area contributed by atoms with Crippen molar-refractivity contribution in [2.45, 2.75) is 72.8 Å². The van der Waals surface area contributed by atoms with Crippen molar-refractivity contribution >= 4 is 0 Å². The minimum Gasteiger partial charge on any atom is -0.381 e. The van der Waals surface area contributed by atoms with Gasteiger partial charge in [0.2, 0.25) is 0 Å². The molecule has 1 aliphatic rings. The number of unbranched alkanes of at least 4 members (excludes halogenated alkanes) is 1. The van der Waals surface area contributed by atoms with Crippen LogP contribution in [-0.4, -0.2) is 39.1 Å². The molecule has 0 aromatic carbocycles. The topological polar surface area (TPSA) is 27.7 Å². The van der Waals surface area contributed by atoms with Crippen LogP contribution in [0.5, 0.6) is 0 Å². The van der Waals surface area contributed by atoms with Gasteiger partial charge in [-0.3, -0.25) is 0 Å². The summed E-state index contributed by atoms with van der Waals surface area (Å²) in [5.41, 5.74) is 0. The smallest absolute Gasteiger partial charge is 0.0704 e. The fourth-order valence-corrected chi connectivity index (χ4v) is 3.76. The lowest BCUT2D eigenvalue weighted by Crippen LogP contribution is -2.37. The quantitative estimate of drug-likeness (QED) is 0.475. The van der Waals surface area contributed by atoms with E-state index < -0.39 is 0 Å². The molecule has 0 N–H and O–H groups in total. The van der Waals surface area contributed by atoms with Crippen LogP contribution in [0.25, 0.3) is 0 Å². The summed E-state index contributed by atoms with van der Waals surface area (Å²) in [4.78, 5) is 0. The molecule has 0 aromatic heterocycles. The molecule has 3 nitrogen and oxygen atoms in total. The standard InChI is InChI=1S/C20H40O3/c1-16(2)15-22-12-7-6-11-21-13-14-23-19-10-8-9-18(5)20(19)17(3)4/h16-20H,6-15H2,1-5H3. The Morgan fingerprint density at radius 1 is 0.870 bits per heavy atom. The molecule has 3 atom stereocenters. The summed E-state index contributed by atoms with van der Waals surface area (Å²) in [6.07, 6.45) is 6.49. The van der Waals surface area contributed by atoms with Crippen molar-refractivity contribution in [1.82, 2.24) is 0 Å². The van der Waals surface area contributed by atoms with E-state index in [1.807, 2.05) is 0 Å². The fourth-order valence-electron chi connectivity index (χ4n) is 3.76. The highest BCUT2D eigenvalue weighted by Crippen LogP contribution is 2.36. The van der Waals surface area contributed by atoms with Gasteiger partial charge in [-0.15, -0.1) is 0 Å². The van der Waals surface area contributed by atoms with E-state index in [-0.39, 0.29) is 0 Å². The molecule has 0 heterocycles. The normalized spacial score (nSPS) is 25.4. The summed E-state index contributed by atoms with van der Waals surface area (Å²) >= 11 is 0. The average molecular weight is 329 g/mol. The Kier molecular flexibility index (Phi) is 11.2. The molecule has 0 aromatic rings. The average Bonchev–Trinajstić information content (AvgIpc) is 2.48. The molecule has 0 aliphatic heterocycles. The van der Waals surface area contributed by atoms with Crippen LogP contribution in [-0.2, 0) is 14.2 Å². The first-order valence-corrected chi connectivity index (χ1v) is 9.79. The summed E-state index contributed by atoms with van der Waals surface area (Å²) in [6, 6.07) is 0. The molecule has 1 aliphatic carbocycles. The van der Waals surface area contributed by atoms with Crippen LogP contribution in [0, 0.1) is 23.7 Å². The van der Waals surface area contributed by atoms with Crippen LogP contribution >= 0.6 is 0 Å². The Morgan fingerprint density at radius 2 is 1.57 bits per heavy atom. The predicted octanol–water partition coefficient (Wildman–Crippen LogP) is 4.93. The molecule has 0 bridgehead atoms. The molecule has 1 saturated carbocycles. The molecular weight excluding hydrogens is 288 g/mol. The first-order valence-electron chi connectivity index (χ1n) is 9.79. The zero-order valence-electron chi connectivity index (χ0n) is 16.2. The van der Waals surface area contributed by atoms with E-state index in [0.29, 0.717) is 23.9 Å². The van der Waals surface area contributed by atoms with Crippen molar-refractivity contribution in [2.24, 2.45) is 23.7 Å². The van der Waals surface area contributed by atoms with Gasteiger partial charge in [0.1, 0.15) is 0 Å². The third kappa shape index (κ3) is 9.07. The van der Waals surface area contributed by atoms with Crippen molar-refractivity contribution < 1.29 is 14.2 Å². The van der Waals surface area contributed by atoms with Crippen molar-refractivity contribution in [3.8, 4) is 0 Å². The van der Waals surface area contributed by atoms with Gasteiger partial charge in [0.25, 0.3) is 0 Å². The summed E-state index contributed by atoms with van der Waals surface area (Å²) < 4.78 is 17.4. The lowest BCUT2D eigenvalue weighted by atomic mass is 9.72. The van der Waals surface area contributed by atoms with Crippen LogP contribution < -0.4 is 0 Å². The molecule has 23 heavy (non-hydrogen) atoms. The second-order valence-corrected chi connectivity index (χ2v) is 7.93. The highest BCUT2D eigenvalue weighted by molar-refractivity contribution is 4.82. The second kappa shape index (κ2) is 12.3. The largest absolute Gasteiger partial charge is 0.381 e. The van der Waals surface area contributed by atoms with Crippen molar-refractivity contribution in [3.63, 3.8) is 0 Å².